The fraction of sp³-hybridized carbons (Fsp3) is 0.100. The van der Waals surface area contributed by atoms with Crippen molar-refractivity contribution in [3.05, 3.63) is 85.9 Å². The molecule has 8 heteroatoms. The average molecular weight is 414 g/mol. The van der Waals surface area contributed by atoms with Gasteiger partial charge in [-0.2, -0.15) is 0 Å². The first-order chi connectivity index (χ1) is 13.5. The van der Waals surface area contributed by atoms with Crippen LogP contribution in [0.4, 0.5) is 0 Å². The third kappa shape index (κ3) is 3.58. The molecule has 2 aromatic heterocycles. The van der Waals surface area contributed by atoms with Gasteiger partial charge in [0.1, 0.15) is 16.8 Å². The molecule has 0 spiro atoms. The van der Waals surface area contributed by atoms with Gasteiger partial charge in [0.15, 0.2) is 5.43 Å². The van der Waals surface area contributed by atoms with E-state index >= 15 is 0 Å². The number of benzene rings is 2. The van der Waals surface area contributed by atoms with Crippen molar-refractivity contribution in [1.29, 1.82) is 0 Å². The summed E-state index contributed by atoms with van der Waals surface area (Å²) in [6.07, 6.45) is 0. The van der Waals surface area contributed by atoms with Crippen LogP contribution in [0.5, 0.6) is 5.75 Å². The van der Waals surface area contributed by atoms with Gasteiger partial charge in [0.2, 0.25) is 0 Å². The lowest BCUT2D eigenvalue weighted by atomic mass is 10.3. The Morgan fingerprint density at radius 3 is 2.46 bits per heavy atom. The molecule has 0 atom stereocenters. The van der Waals surface area contributed by atoms with Crippen LogP contribution in [0.2, 0.25) is 5.02 Å². The van der Waals surface area contributed by atoms with Crippen LogP contribution in [0.25, 0.3) is 16.7 Å². The zero-order chi connectivity index (χ0) is 19.7. The summed E-state index contributed by atoms with van der Waals surface area (Å²) in [7, 11) is 1.58. The maximum Gasteiger partial charge on any atom is 0.284 e. The number of aromatic amines is 2. The Balaban J connectivity index is 1.67. The molecule has 0 fully saturated rings. The number of rotatable bonds is 5. The molecule has 0 aliphatic carbocycles. The van der Waals surface area contributed by atoms with Gasteiger partial charge in [-0.05, 0) is 48.5 Å². The average Bonchev–Trinajstić information content (AvgIpc) is 3.04. The lowest BCUT2D eigenvalue weighted by Gasteiger charge is -2.03. The van der Waals surface area contributed by atoms with Crippen LogP contribution in [0.15, 0.2) is 69.1 Å². The number of halogens is 1. The van der Waals surface area contributed by atoms with Gasteiger partial charge in [-0.1, -0.05) is 11.6 Å². The van der Waals surface area contributed by atoms with Crippen LogP contribution in [0, 0.1) is 0 Å². The van der Waals surface area contributed by atoms with E-state index in [1.165, 1.54) is 10.7 Å². The summed E-state index contributed by atoms with van der Waals surface area (Å²) >= 11 is 7.47. The van der Waals surface area contributed by atoms with E-state index in [1.807, 2.05) is 24.3 Å². The summed E-state index contributed by atoms with van der Waals surface area (Å²) in [6.45, 7) is 0. The summed E-state index contributed by atoms with van der Waals surface area (Å²) in [5.74, 6) is 1.24. The van der Waals surface area contributed by atoms with Crippen LogP contribution in [0.3, 0.4) is 0 Å². The number of fused-ring (bicyclic) bond motifs is 1. The Labute approximate surface area is 169 Å². The van der Waals surface area contributed by atoms with Crippen LogP contribution < -0.4 is 15.7 Å². The first kappa shape index (κ1) is 18.5. The molecule has 0 amide bonds. The predicted molar refractivity (Wildman–Crippen MR) is 112 cm³/mol. The van der Waals surface area contributed by atoms with Crippen molar-refractivity contribution in [1.82, 2.24) is 14.8 Å². The Kier molecular flexibility index (Phi) is 5.02. The van der Waals surface area contributed by atoms with Crippen LogP contribution in [-0.2, 0) is 5.75 Å². The van der Waals surface area contributed by atoms with Crippen molar-refractivity contribution in [3.8, 4) is 11.4 Å². The number of ether oxygens (including phenoxy) is 1. The molecule has 0 radical (unpaired) electrons. The van der Waals surface area contributed by atoms with E-state index in [0.29, 0.717) is 27.9 Å². The van der Waals surface area contributed by atoms with E-state index in [-0.39, 0.29) is 10.8 Å². The van der Waals surface area contributed by atoms with Gasteiger partial charge in [0, 0.05) is 27.4 Å². The molecule has 0 aliphatic heterocycles. The van der Waals surface area contributed by atoms with Gasteiger partial charge < -0.3 is 9.72 Å². The van der Waals surface area contributed by atoms with Gasteiger partial charge in [0.25, 0.3) is 5.56 Å². The fourth-order valence-corrected chi connectivity index (χ4v) is 3.80. The van der Waals surface area contributed by atoms with E-state index in [2.05, 4.69) is 10.1 Å². The molecular formula is C20H16ClN3O3S. The molecule has 0 aliphatic rings. The Morgan fingerprint density at radius 2 is 1.79 bits per heavy atom. The van der Waals surface area contributed by atoms with Crippen LogP contribution in [0.1, 0.15) is 5.69 Å². The zero-order valence-electron chi connectivity index (χ0n) is 14.9. The maximum atomic E-state index is 12.7. The van der Waals surface area contributed by atoms with E-state index in [0.717, 1.165) is 10.6 Å². The smallest absolute Gasteiger partial charge is 0.284 e. The predicted octanol–water partition coefficient (Wildman–Crippen LogP) is 3.96. The summed E-state index contributed by atoms with van der Waals surface area (Å²) in [4.78, 5) is 29.4. The summed E-state index contributed by atoms with van der Waals surface area (Å²) in [5.41, 5.74) is 1.04. The van der Waals surface area contributed by atoms with E-state index in [1.54, 1.807) is 43.1 Å². The zero-order valence-corrected chi connectivity index (χ0v) is 16.4. The lowest BCUT2D eigenvalue weighted by molar-refractivity contribution is 0.414. The number of aromatic nitrogens is 3. The van der Waals surface area contributed by atoms with Gasteiger partial charge in [-0.15, -0.1) is 11.8 Å². The number of pyridine rings is 1. The number of nitrogens with one attached hydrogen (secondary N) is 2. The molecule has 2 heterocycles. The highest BCUT2D eigenvalue weighted by Gasteiger charge is 2.13. The van der Waals surface area contributed by atoms with Crippen molar-refractivity contribution >= 4 is 34.4 Å². The topological polar surface area (TPSA) is 79.9 Å². The number of hydrogen-bond acceptors (Lipinski definition) is 4. The number of hydrogen-bond donors (Lipinski definition) is 2. The summed E-state index contributed by atoms with van der Waals surface area (Å²) in [6, 6.07) is 16.0. The summed E-state index contributed by atoms with van der Waals surface area (Å²) in [5, 5.41) is 3.77. The minimum Gasteiger partial charge on any atom is -0.497 e. The molecular weight excluding hydrogens is 398 g/mol. The number of nitrogens with zero attached hydrogens (tertiary/aromatic N) is 1. The number of H-pyrrole nitrogens is 2. The second-order valence-corrected chi connectivity index (χ2v) is 7.59. The van der Waals surface area contributed by atoms with Crippen molar-refractivity contribution in [2.24, 2.45) is 0 Å². The van der Waals surface area contributed by atoms with Gasteiger partial charge >= 0.3 is 0 Å². The molecule has 0 saturated carbocycles. The highest BCUT2D eigenvalue weighted by molar-refractivity contribution is 7.98. The minimum atomic E-state index is -0.390. The number of thioether (sulfide) groups is 1. The lowest BCUT2D eigenvalue weighted by Crippen LogP contribution is -2.18. The van der Waals surface area contributed by atoms with Crippen LogP contribution >= 0.6 is 23.4 Å². The standard InChI is InChI=1S/C20H16ClN3O3S/c1-27-15-6-4-14(5-7-15)24-20(26)18-17(25)10-13(22-19(18)23-24)11-28-16-8-2-12(21)3-9-16/h2-10H,11H2,1H3,(H2,22,23,25). The van der Waals surface area contributed by atoms with Crippen LogP contribution in [-0.4, -0.2) is 21.9 Å². The van der Waals surface area contributed by atoms with Crippen molar-refractivity contribution < 1.29 is 4.74 Å². The molecule has 28 heavy (non-hydrogen) atoms. The molecule has 4 aromatic rings. The minimum absolute atomic E-state index is 0.107. The van der Waals surface area contributed by atoms with E-state index in [4.69, 9.17) is 16.3 Å². The highest BCUT2D eigenvalue weighted by Crippen LogP contribution is 2.23. The van der Waals surface area contributed by atoms with Crippen molar-refractivity contribution in [2.75, 3.05) is 7.11 Å². The normalized spacial score (nSPS) is 11.1. The van der Waals surface area contributed by atoms with E-state index < -0.39 is 5.56 Å². The number of methoxy groups -OCH3 is 1. The van der Waals surface area contributed by atoms with Crippen molar-refractivity contribution in [2.45, 2.75) is 10.6 Å². The monoisotopic (exact) mass is 413 g/mol. The molecule has 142 valence electrons. The molecule has 0 unspecified atom stereocenters. The first-order valence-corrected chi connectivity index (χ1v) is 9.81. The summed E-state index contributed by atoms with van der Waals surface area (Å²) < 4.78 is 6.48. The fourth-order valence-electron chi connectivity index (χ4n) is 2.87. The Morgan fingerprint density at radius 1 is 1.07 bits per heavy atom. The molecule has 6 nitrogen and oxygen atoms in total. The Hall–Kier alpha value is -2.90. The van der Waals surface area contributed by atoms with E-state index in [9.17, 15) is 9.59 Å². The first-order valence-electron chi connectivity index (χ1n) is 8.45. The molecule has 0 saturated heterocycles. The van der Waals surface area contributed by atoms with Gasteiger partial charge in [0.05, 0.1) is 12.8 Å². The van der Waals surface area contributed by atoms with Gasteiger partial charge in [-0.3, -0.25) is 14.7 Å². The Bertz CT molecular complexity index is 1240. The SMILES string of the molecule is COc1ccc(-n2[nH]c3[nH]c(CSc4ccc(Cl)cc4)cc(=O)c3c2=O)cc1. The second kappa shape index (κ2) is 7.61. The second-order valence-electron chi connectivity index (χ2n) is 6.10. The van der Waals surface area contributed by atoms with Crippen molar-refractivity contribution in [3.63, 3.8) is 0 Å². The largest absolute Gasteiger partial charge is 0.497 e. The third-order valence-corrected chi connectivity index (χ3v) is 5.58. The molecule has 2 aromatic carbocycles. The quantitative estimate of drug-likeness (QED) is 0.485. The maximum absolute atomic E-state index is 12.7. The third-order valence-electron chi connectivity index (χ3n) is 4.27. The highest BCUT2D eigenvalue weighted by atomic mass is 35.5. The molecule has 0 bridgehead atoms. The molecule has 4 rings (SSSR count). The van der Waals surface area contributed by atoms with Gasteiger partial charge in [-0.25, -0.2) is 4.68 Å². The molecule has 2 N–H and O–H groups in total.